The van der Waals surface area contributed by atoms with Crippen LogP contribution in [0.3, 0.4) is 0 Å². The zero-order valence-electron chi connectivity index (χ0n) is 16.6. The van der Waals surface area contributed by atoms with Gasteiger partial charge in [0.15, 0.2) is 0 Å². The standard InChI is InChI=1S/C20H31N3O3.ClH/c1-5-26-17-8-6-15(7-9-17)19(24)23-18(13(2)3)20(25)22-16-10-11-21-14(4)12-16;/h6-9,13-14,16,18,21H,5,10-12H2,1-4H3,(H,22,25)(H,23,24);1H. The summed E-state index contributed by atoms with van der Waals surface area (Å²) in [6.45, 7) is 9.39. The maximum atomic E-state index is 12.7. The molecule has 2 rings (SSSR count). The van der Waals surface area contributed by atoms with Gasteiger partial charge in [-0.1, -0.05) is 13.8 Å². The summed E-state index contributed by atoms with van der Waals surface area (Å²) >= 11 is 0. The fourth-order valence-corrected chi connectivity index (χ4v) is 3.18. The van der Waals surface area contributed by atoms with Crippen LogP contribution in [0.25, 0.3) is 0 Å². The number of hydrogen-bond acceptors (Lipinski definition) is 4. The Morgan fingerprint density at radius 1 is 1.26 bits per heavy atom. The maximum absolute atomic E-state index is 12.7. The molecule has 1 heterocycles. The van der Waals surface area contributed by atoms with Crippen molar-refractivity contribution in [3.63, 3.8) is 0 Å². The van der Waals surface area contributed by atoms with Gasteiger partial charge >= 0.3 is 0 Å². The molecule has 3 atom stereocenters. The quantitative estimate of drug-likeness (QED) is 0.660. The van der Waals surface area contributed by atoms with Gasteiger partial charge in [0.1, 0.15) is 11.8 Å². The molecule has 0 aliphatic carbocycles. The Balaban J connectivity index is 0.00000364. The minimum atomic E-state index is -0.556. The summed E-state index contributed by atoms with van der Waals surface area (Å²) in [4.78, 5) is 25.2. The SMILES string of the molecule is CCOc1ccc(C(=O)NC(C(=O)NC2CCNC(C)C2)C(C)C)cc1.Cl. The Hall–Kier alpha value is -1.79. The van der Waals surface area contributed by atoms with Crippen LogP contribution in [-0.4, -0.2) is 43.1 Å². The summed E-state index contributed by atoms with van der Waals surface area (Å²) in [5.74, 6) is 0.363. The number of hydrogen-bond donors (Lipinski definition) is 3. The van der Waals surface area contributed by atoms with Crippen molar-refractivity contribution in [1.29, 1.82) is 0 Å². The van der Waals surface area contributed by atoms with E-state index >= 15 is 0 Å². The van der Waals surface area contributed by atoms with Crippen molar-refractivity contribution in [2.24, 2.45) is 5.92 Å². The minimum Gasteiger partial charge on any atom is -0.494 e. The molecular weight excluding hydrogens is 366 g/mol. The van der Waals surface area contributed by atoms with Gasteiger partial charge in [-0.05, 0) is 63.4 Å². The van der Waals surface area contributed by atoms with Crippen LogP contribution in [0.2, 0.25) is 0 Å². The van der Waals surface area contributed by atoms with Gasteiger partial charge in [0.2, 0.25) is 5.91 Å². The van der Waals surface area contributed by atoms with Crippen LogP contribution in [-0.2, 0) is 4.79 Å². The van der Waals surface area contributed by atoms with Crippen LogP contribution < -0.4 is 20.7 Å². The van der Waals surface area contributed by atoms with Crippen LogP contribution >= 0.6 is 12.4 Å². The Labute approximate surface area is 168 Å². The molecule has 1 aliphatic rings. The van der Waals surface area contributed by atoms with E-state index in [9.17, 15) is 9.59 Å². The lowest BCUT2D eigenvalue weighted by Crippen LogP contribution is -2.54. The molecule has 3 N–H and O–H groups in total. The summed E-state index contributed by atoms with van der Waals surface area (Å²) in [7, 11) is 0. The third-order valence-electron chi connectivity index (χ3n) is 4.63. The third-order valence-corrected chi connectivity index (χ3v) is 4.63. The molecule has 152 valence electrons. The zero-order chi connectivity index (χ0) is 19.1. The van der Waals surface area contributed by atoms with Gasteiger partial charge in [-0.3, -0.25) is 9.59 Å². The lowest BCUT2D eigenvalue weighted by molar-refractivity contribution is -0.124. The second-order valence-corrected chi connectivity index (χ2v) is 7.24. The van der Waals surface area contributed by atoms with Crippen LogP contribution in [0.5, 0.6) is 5.75 Å². The minimum absolute atomic E-state index is 0. The Morgan fingerprint density at radius 2 is 1.93 bits per heavy atom. The topological polar surface area (TPSA) is 79.5 Å². The highest BCUT2D eigenvalue weighted by Crippen LogP contribution is 2.14. The van der Waals surface area contributed by atoms with E-state index < -0.39 is 6.04 Å². The van der Waals surface area contributed by atoms with E-state index in [-0.39, 0.29) is 36.2 Å². The summed E-state index contributed by atoms with van der Waals surface area (Å²) < 4.78 is 5.39. The highest BCUT2D eigenvalue weighted by Gasteiger charge is 2.28. The number of carbonyl (C=O) groups is 2. The molecule has 1 aromatic rings. The van der Waals surface area contributed by atoms with Gasteiger partial charge in [-0.25, -0.2) is 0 Å². The summed E-state index contributed by atoms with van der Waals surface area (Å²) in [6, 6.07) is 6.94. The molecule has 1 aromatic carbocycles. The predicted molar refractivity (Wildman–Crippen MR) is 110 cm³/mol. The van der Waals surface area contributed by atoms with Gasteiger partial charge in [0.25, 0.3) is 5.91 Å². The van der Waals surface area contributed by atoms with Crippen LogP contribution in [0.15, 0.2) is 24.3 Å². The van der Waals surface area contributed by atoms with Gasteiger partial charge < -0.3 is 20.7 Å². The van der Waals surface area contributed by atoms with E-state index in [0.717, 1.165) is 25.1 Å². The highest BCUT2D eigenvalue weighted by atomic mass is 35.5. The summed E-state index contributed by atoms with van der Waals surface area (Å²) in [5.41, 5.74) is 0.516. The molecule has 6 nitrogen and oxygen atoms in total. The molecule has 0 aromatic heterocycles. The number of halogens is 1. The number of ether oxygens (including phenoxy) is 1. The lowest BCUT2D eigenvalue weighted by Gasteiger charge is -2.31. The van der Waals surface area contributed by atoms with E-state index in [4.69, 9.17) is 4.74 Å². The Bertz CT molecular complexity index is 607. The molecular formula is C20H32ClN3O3. The number of amides is 2. The number of nitrogens with one attached hydrogen (secondary N) is 3. The molecule has 3 unspecified atom stereocenters. The lowest BCUT2D eigenvalue weighted by atomic mass is 9.98. The van der Waals surface area contributed by atoms with Crippen molar-refractivity contribution in [2.45, 2.75) is 58.7 Å². The molecule has 7 heteroatoms. The molecule has 0 bridgehead atoms. The van der Waals surface area contributed by atoms with Crippen molar-refractivity contribution >= 4 is 24.2 Å². The largest absolute Gasteiger partial charge is 0.494 e. The van der Waals surface area contributed by atoms with E-state index in [1.807, 2.05) is 20.8 Å². The number of rotatable bonds is 7. The van der Waals surface area contributed by atoms with Crippen molar-refractivity contribution in [1.82, 2.24) is 16.0 Å². The fraction of sp³-hybridized carbons (Fsp3) is 0.600. The second kappa shape index (κ2) is 11.1. The molecule has 0 radical (unpaired) electrons. The molecule has 0 spiro atoms. The summed E-state index contributed by atoms with van der Waals surface area (Å²) in [6.07, 6.45) is 1.82. The first-order valence-electron chi connectivity index (χ1n) is 9.48. The fourth-order valence-electron chi connectivity index (χ4n) is 3.18. The Kier molecular flexibility index (Phi) is 9.60. The average Bonchev–Trinajstić information content (AvgIpc) is 2.60. The maximum Gasteiger partial charge on any atom is 0.251 e. The Morgan fingerprint density at radius 3 is 2.48 bits per heavy atom. The molecule has 2 amide bonds. The summed E-state index contributed by atoms with van der Waals surface area (Å²) in [5, 5.41) is 9.35. The molecule has 1 saturated heterocycles. The third kappa shape index (κ3) is 7.03. The predicted octanol–water partition coefficient (Wildman–Crippen LogP) is 2.52. The number of piperidine rings is 1. The van der Waals surface area contributed by atoms with Crippen molar-refractivity contribution in [3.8, 4) is 5.75 Å². The zero-order valence-corrected chi connectivity index (χ0v) is 17.4. The normalized spacial score (nSPS) is 20.3. The van der Waals surface area contributed by atoms with Gasteiger partial charge in [0, 0.05) is 17.6 Å². The first-order valence-corrected chi connectivity index (χ1v) is 9.48. The molecule has 0 saturated carbocycles. The van der Waals surface area contributed by atoms with E-state index in [1.54, 1.807) is 24.3 Å². The first kappa shape index (κ1) is 23.2. The smallest absolute Gasteiger partial charge is 0.251 e. The second-order valence-electron chi connectivity index (χ2n) is 7.24. The van der Waals surface area contributed by atoms with Gasteiger partial charge in [-0.2, -0.15) is 0 Å². The van der Waals surface area contributed by atoms with E-state index in [2.05, 4.69) is 22.9 Å². The molecule has 1 fully saturated rings. The van der Waals surface area contributed by atoms with Gasteiger partial charge in [0.05, 0.1) is 6.61 Å². The van der Waals surface area contributed by atoms with E-state index in [1.165, 1.54) is 0 Å². The molecule has 1 aliphatic heterocycles. The van der Waals surface area contributed by atoms with E-state index in [0.29, 0.717) is 18.2 Å². The average molecular weight is 398 g/mol. The van der Waals surface area contributed by atoms with Crippen LogP contribution in [0.4, 0.5) is 0 Å². The van der Waals surface area contributed by atoms with Crippen molar-refractivity contribution < 1.29 is 14.3 Å². The number of carbonyl (C=O) groups excluding carboxylic acids is 2. The highest BCUT2D eigenvalue weighted by molar-refractivity contribution is 5.97. The van der Waals surface area contributed by atoms with Crippen molar-refractivity contribution in [3.05, 3.63) is 29.8 Å². The van der Waals surface area contributed by atoms with Gasteiger partial charge in [-0.15, -0.1) is 12.4 Å². The van der Waals surface area contributed by atoms with Crippen LogP contribution in [0, 0.1) is 5.92 Å². The number of benzene rings is 1. The van der Waals surface area contributed by atoms with Crippen molar-refractivity contribution in [2.75, 3.05) is 13.2 Å². The first-order chi connectivity index (χ1) is 12.4. The monoisotopic (exact) mass is 397 g/mol. The molecule has 27 heavy (non-hydrogen) atoms. The van der Waals surface area contributed by atoms with Crippen LogP contribution in [0.1, 0.15) is 50.9 Å².